The van der Waals surface area contributed by atoms with Gasteiger partial charge in [-0.3, -0.25) is 0 Å². The highest BCUT2D eigenvalue weighted by Crippen LogP contribution is 2.30. The Kier molecular flexibility index (Phi) is 7.53. The van der Waals surface area contributed by atoms with Crippen LogP contribution < -0.4 is 16.2 Å². The van der Waals surface area contributed by atoms with Crippen molar-refractivity contribution in [2.45, 2.75) is 6.42 Å². The van der Waals surface area contributed by atoms with E-state index >= 15 is 0 Å². The van der Waals surface area contributed by atoms with Gasteiger partial charge in [-0.1, -0.05) is 12.1 Å². The van der Waals surface area contributed by atoms with E-state index < -0.39 is 0 Å². The molecule has 10 heteroatoms. The summed E-state index contributed by atoms with van der Waals surface area (Å²) in [6.07, 6.45) is 0.526. The number of aromatic nitrogens is 1. The monoisotopic (exact) mass is 405 g/mol. The molecule has 28 heavy (non-hydrogen) atoms. The molecule has 1 aliphatic heterocycles. The smallest absolute Gasteiger partial charge is 0.408 e. The number of benzene rings is 1. The van der Waals surface area contributed by atoms with Gasteiger partial charge in [0.15, 0.2) is 11.6 Å². The molecule has 150 valence electrons. The minimum absolute atomic E-state index is 0. The molecule has 0 aliphatic carbocycles. The molecular weight excluding hydrogens is 382 g/mol. The van der Waals surface area contributed by atoms with Crippen LogP contribution in [0, 0.1) is 0 Å². The van der Waals surface area contributed by atoms with Crippen molar-refractivity contribution in [3.8, 4) is 5.75 Å². The minimum atomic E-state index is -0.387. The van der Waals surface area contributed by atoms with E-state index in [1.165, 1.54) is 0 Å². The number of nitrogens with two attached hydrogens (primary N) is 2. The fraction of sp³-hybridized carbons (Fsp3) is 0.333. The molecule has 0 bridgehead atoms. The number of hydrogen-bond acceptors (Lipinski definition) is 8. The average molecular weight is 406 g/mol. The van der Waals surface area contributed by atoms with Gasteiger partial charge in [-0.05, 0) is 44.3 Å². The van der Waals surface area contributed by atoms with Crippen LogP contribution in [0.25, 0.3) is 0 Å². The van der Waals surface area contributed by atoms with Crippen molar-refractivity contribution >= 4 is 41.5 Å². The highest BCUT2D eigenvalue weighted by atomic mass is 35.5. The largest absolute Gasteiger partial charge is 0.415 e. The van der Waals surface area contributed by atoms with Gasteiger partial charge in [-0.25, -0.2) is 9.78 Å². The Morgan fingerprint density at radius 1 is 1.04 bits per heavy atom. The molecule has 2 heterocycles. The molecular formula is C18H24ClN7O2. The first-order valence-electron chi connectivity index (χ1n) is 8.71. The number of para-hydroxylation sites is 1. The first-order chi connectivity index (χ1) is 13.0. The molecule has 2 aromatic rings. The third-order valence-corrected chi connectivity index (χ3v) is 4.23. The van der Waals surface area contributed by atoms with E-state index in [-0.39, 0.29) is 24.3 Å². The average Bonchev–Trinajstić information content (AvgIpc) is 2.87. The standard InChI is InChI=1S/C18H23N7O2.ClH/c1-24-9-4-10-25(12-11-24)18(26)27-15-6-3-2-5-13(15)22-23-14-7-8-16(19)21-17(14)20;/h2-3,5-8H,4,9-12H2,1H3,(H4,19,20,21);1H. The van der Waals surface area contributed by atoms with Gasteiger partial charge in [0.05, 0.1) is 0 Å². The van der Waals surface area contributed by atoms with Gasteiger partial charge < -0.3 is 26.0 Å². The lowest BCUT2D eigenvalue weighted by Crippen LogP contribution is -2.36. The number of nitrogens with zero attached hydrogens (tertiary/aromatic N) is 5. The van der Waals surface area contributed by atoms with Gasteiger partial charge in [-0.15, -0.1) is 22.6 Å². The van der Waals surface area contributed by atoms with Crippen LogP contribution in [0.4, 0.5) is 27.8 Å². The number of anilines is 2. The number of halogens is 1. The molecule has 3 rings (SSSR count). The first-order valence-corrected chi connectivity index (χ1v) is 8.71. The summed E-state index contributed by atoms with van der Waals surface area (Å²) in [5, 5.41) is 8.25. The van der Waals surface area contributed by atoms with E-state index in [4.69, 9.17) is 16.2 Å². The number of ether oxygens (including phenoxy) is 1. The zero-order valence-electron chi connectivity index (χ0n) is 15.6. The number of hydrogen-bond donors (Lipinski definition) is 2. The van der Waals surface area contributed by atoms with Crippen LogP contribution in [0.5, 0.6) is 5.75 Å². The molecule has 0 radical (unpaired) electrons. The van der Waals surface area contributed by atoms with Crippen LogP contribution in [-0.4, -0.2) is 54.1 Å². The van der Waals surface area contributed by atoms with Crippen molar-refractivity contribution in [2.24, 2.45) is 10.2 Å². The van der Waals surface area contributed by atoms with Crippen molar-refractivity contribution in [3.05, 3.63) is 36.4 Å². The fourth-order valence-corrected chi connectivity index (χ4v) is 2.69. The maximum Gasteiger partial charge on any atom is 0.415 e. The number of nitrogen functional groups attached to an aromatic ring is 2. The third-order valence-electron chi connectivity index (χ3n) is 4.23. The summed E-state index contributed by atoms with van der Waals surface area (Å²) in [5.74, 6) is 0.830. The number of carbonyl (C=O) groups is 1. The molecule has 1 aromatic carbocycles. The number of azo groups is 1. The number of amides is 1. The Balaban J connectivity index is 0.00000280. The lowest BCUT2D eigenvalue weighted by atomic mass is 10.3. The Morgan fingerprint density at radius 3 is 2.57 bits per heavy atom. The van der Waals surface area contributed by atoms with Crippen molar-refractivity contribution in [1.29, 1.82) is 0 Å². The number of likely N-dealkylation sites (N-methyl/N-ethyl adjacent to an activating group) is 1. The Bertz CT molecular complexity index is 846. The van der Waals surface area contributed by atoms with Crippen LogP contribution >= 0.6 is 12.4 Å². The molecule has 0 saturated carbocycles. The van der Waals surface area contributed by atoms with Crippen LogP contribution in [-0.2, 0) is 0 Å². The second kappa shape index (κ2) is 9.86. The summed E-state index contributed by atoms with van der Waals surface area (Å²) < 4.78 is 5.56. The van der Waals surface area contributed by atoms with Crippen molar-refractivity contribution < 1.29 is 9.53 Å². The second-order valence-corrected chi connectivity index (χ2v) is 6.32. The predicted octanol–water partition coefficient (Wildman–Crippen LogP) is 3.22. The van der Waals surface area contributed by atoms with Gasteiger partial charge in [0.2, 0.25) is 0 Å². The number of pyridine rings is 1. The topological polar surface area (TPSA) is 122 Å². The maximum absolute atomic E-state index is 12.5. The maximum atomic E-state index is 12.5. The molecule has 1 aromatic heterocycles. The lowest BCUT2D eigenvalue weighted by Gasteiger charge is -2.20. The quantitative estimate of drug-likeness (QED) is 0.756. The lowest BCUT2D eigenvalue weighted by molar-refractivity contribution is 0.154. The van der Waals surface area contributed by atoms with E-state index in [9.17, 15) is 4.79 Å². The van der Waals surface area contributed by atoms with E-state index in [1.54, 1.807) is 41.3 Å². The Labute approximate surface area is 169 Å². The van der Waals surface area contributed by atoms with Gasteiger partial charge in [0.25, 0.3) is 0 Å². The normalized spacial score (nSPS) is 15.1. The van der Waals surface area contributed by atoms with E-state index in [0.717, 1.165) is 19.5 Å². The molecule has 1 aliphatic rings. The molecule has 1 saturated heterocycles. The Hall–Kier alpha value is -2.91. The molecule has 1 amide bonds. The summed E-state index contributed by atoms with van der Waals surface area (Å²) in [6, 6.07) is 10.2. The fourth-order valence-electron chi connectivity index (χ4n) is 2.69. The minimum Gasteiger partial charge on any atom is -0.408 e. The SMILES string of the molecule is CN1CCCN(C(=O)Oc2ccccc2N=Nc2ccc(N)nc2N)CC1.Cl. The summed E-state index contributed by atoms with van der Waals surface area (Å²) in [7, 11) is 2.04. The summed E-state index contributed by atoms with van der Waals surface area (Å²) in [5.41, 5.74) is 12.2. The molecule has 9 nitrogen and oxygen atoms in total. The molecule has 4 N–H and O–H groups in total. The highest BCUT2D eigenvalue weighted by Gasteiger charge is 2.20. The van der Waals surface area contributed by atoms with Crippen molar-refractivity contribution in [3.63, 3.8) is 0 Å². The number of carbonyl (C=O) groups excluding carboxylic acids is 1. The van der Waals surface area contributed by atoms with Crippen molar-refractivity contribution in [1.82, 2.24) is 14.8 Å². The molecule has 1 fully saturated rings. The number of rotatable bonds is 3. The first kappa shape index (κ1) is 21.4. The van der Waals surface area contributed by atoms with Crippen LogP contribution in [0.2, 0.25) is 0 Å². The van der Waals surface area contributed by atoms with Gasteiger partial charge >= 0.3 is 6.09 Å². The van der Waals surface area contributed by atoms with Gasteiger partial charge in [0.1, 0.15) is 17.2 Å². The zero-order chi connectivity index (χ0) is 19.2. The summed E-state index contributed by atoms with van der Waals surface area (Å²) in [4.78, 5) is 20.4. The van der Waals surface area contributed by atoms with Gasteiger partial charge in [0, 0.05) is 19.6 Å². The summed E-state index contributed by atoms with van der Waals surface area (Å²) in [6.45, 7) is 3.08. The predicted molar refractivity (Wildman–Crippen MR) is 111 cm³/mol. The van der Waals surface area contributed by atoms with Crippen LogP contribution in [0.15, 0.2) is 46.6 Å². The highest BCUT2D eigenvalue weighted by molar-refractivity contribution is 5.85. The second-order valence-electron chi connectivity index (χ2n) is 6.32. The van der Waals surface area contributed by atoms with E-state index in [0.29, 0.717) is 36.0 Å². The zero-order valence-corrected chi connectivity index (χ0v) is 16.4. The van der Waals surface area contributed by atoms with Gasteiger partial charge in [-0.2, -0.15) is 0 Å². The van der Waals surface area contributed by atoms with Crippen molar-refractivity contribution in [2.75, 3.05) is 44.7 Å². The van der Waals surface area contributed by atoms with Crippen LogP contribution in [0.3, 0.4) is 0 Å². The summed E-state index contributed by atoms with van der Waals surface area (Å²) >= 11 is 0. The van der Waals surface area contributed by atoms with E-state index in [2.05, 4.69) is 20.1 Å². The molecule has 0 spiro atoms. The molecule has 0 atom stereocenters. The molecule has 0 unspecified atom stereocenters. The van der Waals surface area contributed by atoms with E-state index in [1.807, 2.05) is 7.05 Å². The van der Waals surface area contributed by atoms with Crippen LogP contribution in [0.1, 0.15) is 6.42 Å². The third kappa shape index (κ3) is 5.54. The Morgan fingerprint density at radius 2 is 1.79 bits per heavy atom.